The summed E-state index contributed by atoms with van der Waals surface area (Å²) in [7, 11) is -3.52. The van der Waals surface area contributed by atoms with E-state index in [4.69, 9.17) is 4.52 Å². The molecule has 27 heavy (non-hydrogen) atoms. The van der Waals surface area contributed by atoms with Gasteiger partial charge in [0, 0.05) is 32.2 Å². The molecule has 142 valence electrons. The molecule has 1 aliphatic heterocycles. The fourth-order valence-electron chi connectivity index (χ4n) is 3.53. The molecule has 1 aromatic heterocycles. The SMILES string of the molecule is Cc1cc(C(=O)N2CCN(S(=O)(=O)C3=Cc4ccccc4CC3)CC2)on1. The van der Waals surface area contributed by atoms with Crippen LogP contribution >= 0.6 is 0 Å². The fraction of sp³-hybridized carbons (Fsp3) is 0.368. The molecule has 0 unspecified atom stereocenters. The van der Waals surface area contributed by atoms with Gasteiger partial charge in [0.05, 0.1) is 10.6 Å². The third-order valence-electron chi connectivity index (χ3n) is 5.05. The molecule has 0 spiro atoms. The molecule has 0 radical (unpaired) electrons. The summed E-state index contributed by atoms with van der Waals surface area (Å²) in [6, 6.07) is 9.46. The highest BCUT2D eigenvalue weighted by Gasteiger charge is 2.33. The minimum absolute atomic E-state index is 0.190. The van der Waals surface area contributed by atoms with Crippen molar-refractivity contribution in [1.29, 1.82) is 0 Å². The lowest BCUT2D eigenvalue weighted by Crippen LogP contribution is -2.50. The van der Waals surface area contributed by atoms with E-state index in [0.717, 1.165) is 12.0 Å². The summed E-state index contributed by atoms with van der Waals surface area (Å²) in [5.74, 6) is -0.0612. The van der Waals surface area contributed by atoms with Gasteiger partial charge in [-0.25, -0.2) is 8.42 Å². The molecule has 7 nitrogen and oxygen atoms in total. The zero-order valence-electron chi connectivity index (χ0n) is 15.1. The van der Waals surface area contributed by atoms with Crippen LogP contribution in [0.15, 0.2) is 39.8 Å². The molecule has 1 aliphatic carbocycles. The molecule has 4 rings (SSSR count). The van der Waals surface area contributed by atoms with E-state index in [2.05, 4.69) is 5.16 Å². The van der Waals surface area contributed by atoms with Gasteiger partial charge in [-0.3, -0.25) is 4.79 Å². The van der Waals surface area contributed by atoms with E-state index in [0.29, 0.717) is 30.1 Å². The van der Waals surface area contributed by atoms with Gasteiger partial charge in [-0.1, -0.05) is 29.4 Å². The van der Waals surface area contributed by atoms with Crippen LogP contribution in [0, 0.1) is 6.92 Å². The first-order valence-corrected chi connectivity index (χ1v) is 10.4. The van der Waals surface area contributed by atoms with Crippen molar-refractivity contribution in [2.75, 3.05) is 26.2 Å². The van der Waals surface area contributed by atoms with Gasteiger partial charge in [-0.15, -0.1) is 0 Å². The van der Waals surface area contributed by atoms with Crippen LogP contribution in [0.2, 0.25) is 0 Å². The molecule has 1 saturated heterocycles. The number of fused-ring (bicyclic) bond motifs is 1. The average Bonchev–Trinajstić information content (AvgIpc) is 3.13. The van der Waals surface area contributed by atoms with Crippen LogP contribution in [0.5, 0.6) is 0 Å². The third-order valence-corrected chi connectivity index (χ3v) is 7.08. The van der Waals surface area contributed by atoms with Gasteiger partial charge in [0.15, 0.2) is 0 Å². The Balaban J connectivity index is 1.46. The van der Waals surface area contributed by atoms with Crippen LogP contribution < -0.4 is 0 Å². The molecule has 0 saturated carbocycles. The second-order valence-corrected chi connectivity index (χ2v) is 8.83. The second kappa shape index (κ2) is 6.94. The summed E-state index contributed by atoms with van der Waals surface area (Å²) < 4.78 is 32.5. The van der Waals surface area contributed by atoms with Gasteiger partial charge in [-0.2, -0.15) is 4.31 Å². The predicted molar refractivity (Wildman–Crippen MR) is 100 cm³/mol. The molecule has 1 aromatic carbocycles. The number of aromatic nitrogens is 1. The Hall–Kier alpha value is -2.45. The molecule has 1 amide bonds. The standard InChI is InChI=1S/C19H21N3O4S/c1-14-12-18(26-20-14)19(23)21-8-10-22(11-9-21)27(24,25)17-7-6-15-4-2-3-5-16(15)13-17/h2-5,12-13H,6-11H2,1H3. The number of aryl methyl sites for hydroxylation is 2. The number of hydrogen-bond donors (Lipinski definition) is 0. The summed E-state index contributed by atoms with van der Waals surface area (Å²) in [5, 5.41) is 3.73. The molecule has 0 N–H and O–H groups in total. The number of hydrogen-bond acceptors (Lipinski definition) is 5. The first kappa shape index (κ1) is 17.9. The van der Waals surface area contributed by atoms with Gasteiger partial charge < -0.3 is 9.42 Å². The number of benzene rings is 1. The number of rotatable bonds is 3. The Morgan fingerprint density at radius 1 is 1.11 bits per heavy atom. The van der Waals surface area contributed by atoms with Crippen LogP contribution in [0.4, 0.5) is 0 Å². The maximum atomic E-state index is 13.0. The van der Waals surface area contributed by atoms with Crippen LogP contribution in [-0.4, -0.2) is 54.9 Å². The Morgan fingerprint density at radius 2 is 1.85 bits per heavy atom. The minimum atomic E-state index is -3.52. The molecule has 2 heterocycles. The number of amides is 1. The first-order chi connectivity index (χ1) is 12.9. The van der Waals surface area contributed by atoms with E-state index in [9.17, 15) is 13.2 Å². The summed E-state index contributed by atoms with van der Waals surface area (Å²) in [5.41, 5.74) is 2.79. The van der Waals surface area contributed by atoms with Crippen LogP contribution in [0.1, 0.15) is 33.8 Å². The van der Waals surface area contributed by atoms with E-state index in [1.165, 1.54) is 9.87 Å². The first-order valence-electron chi connectivity index (χ1n) is 8.96. The lowest BCUT2D eigenvalue weighted by Gasteiger charge is -2.34. The molecule has 1 fully saturated rings. The molecular formula is C19H21N3O4S. The zero-order valence-corrected chi connectivity index (χ0v) is 15.9. The highest BCUT2D eigenvalue weighted by molar-refractivity contribution is 7.93. The van der Waals surface area contributed by atoms with Crippen molar-refractivity contribution >= 4 is 22.0 Å². The Kier molecular flexibility index (Phi) is 4.61. The smallest absolute Gasteiger partial charge is 0.292 e. The van der Waals surface area contributed by atoms with E-state index in [1.54, 1.807) is 24.0 Å². The minimum Gasteiger partial charge on any atom is -0.351 e. The number of carbonyl (C=O) groups excluding carboxylic acids is 1. The molecular weight excluding hydrogens is 366 g/mol. The zero-order chi connectivity index (χ0) is 19.0. The Morgan fingerprint density at radius 3 is 2.56 bits per heavy atom. The van der Waals surface area contributed by atoms with Crippen molar-refractivity contribution in [2.45, 2.75) is 19.8 Å². The van der Waals surface area contributed by atoms with E-state index < -0.39 is 10.0 Å². The summed E-state index contributed by atoms with van der Waals surface area (Å²) >= 11 is 0. The quantitative estimate of drug-likeness (QED) is 0.805. The van der Waals surface area contributed by atoms with Gasteiger partial charge in [0.25, 0.3) is 5.91 Å². The topological polar surface area (TPSA) is 83.7 Å². The maximum absolute atomic E-state index is 13.0. The van der Waals surface area contributed by atoms with Crippen LogP contribution in [0.3, 0.4) is 0 Å². The van der Waals surface area contributed by atoms with Crippen LogP contribution in [-0.2, 0) is 16.4 Å². The van der Waals surface area contributed by atoms with Gasteiger partial charge in [0.1, 0.15) is 0 Å². The normalized spacial score (nSPS) is 18.1. The van der Waals surface area contributed by atoms with Crippen molar-refractivity contribution in [3.05, 3.63) is 57.8 Å². The lowest BCUT2D eigenvalue weighted by atomic mass is 9.98. The second-order valence-electron chi connectivity index (χ2n) is 6.84. The fourth-order valence-corrected chi connectivity index (χ4v) is 5.14. The molecule has 2 aromatic rings. The highest BCUT2D eigenvalue weighted by atomic mass is 32.2. The molecule has 2 aliphatic rings. The Labute approximate surface area is 158 Å². The van der Waals surface area contributed by atoms with Gasteiger partial charge in [0.2, 0.25) is 15.8 Å². The maximum Gasteiger partial charge on any atom is 0.292 e. The van der Waals surface area contributed by atoms with Crippen molar-refractivity contribution < 1.29 is 17.7 Å². The number of carbonyl (C=O) groups is 1. The lowest BCUT2D eigenvalue weighted by molar-refractivity contribution is 0.0656. The van der Waals surface area contributed by atoms with Crippen molar-refractivity contribution in [2.24, 2.45) is 0 Å². The number of nitrogens with zero attached hydrogens (tertiary/aromatic N) is 3. The molecule has 0 bridgehead atoms. The van der Waals surface area contributed by atoms with E-state index >= 15 is 0 Å². The predicted octanol–water partition coefficient (Wildman–Crippen LogP) is 2.06. The summed E-state index contributed by atoms with van der Waals surface area (Å²) in [4.78, 5) is 14.5. The van der Waals surface area contributed by atoms with E-state index in [1.807, 2.05) is 24.3 Å². The summed E-state index contributed by atoms with van der Waals surface area (Å²) in [6.07, 6.45) is 3.02. The van der Waals surface area contributed by atoms with Crippen molar-refractivity contribution in [3.63, 3.8) is 0 Å². The van der Waals surface area contributed by atoms with Crippen LogP contribution in [0.25, 0.3) is 6.08 Å². The van der Waals surface area contributed by atoms with Gasteiger partial charge in [-0.05, 0) is 37.0 Å². The van der Waals surface area contributed by atoms with Crippen molar-refractivity contribution in [1.82, 2.24) is 14.4 Å². The highest BCUT2D eigenvalue weighted by Crippen LogP contribution is 2.29. The average molecular weight is 387 g/mol. The number of allylic oxidation sites excluding steroid dienone is 1. The third kappa shape index (κ3) is 3.42. The van der Waals surface area contributed by atoms with Crippen molar-refractivity contribution in [3.8, 4) is 0 Å². The molecule has 8 heteroatoms. The monoisotopic (exact) mass is 387 g/mol. The summed E-state index contributed by atoms with van der Waals surface area (Å²) in [6.45, 7) is 2.98. The Bertz CT molecular complexity index is 1000. The van der Waals surface area contributed by atoms with Gasteiger partial charge >= 0.3 is 0 Å². The molecule has 0 atom stereocenters. The largest absolute Gasteiger partial charge is 0.351 e. The van der Waals surface area contributed by atoms with E-state index in [-0.39, 0.29) is 24.8 Å². The number of sulfonamides is 1. The number of piperazine rings is 1.